The summed E-state index contributed by atoms with van der Waals surface area (Å²) >= 11 is 0. The van der Waals surface area contributed by atoms with Crippen molar-refractivity contribution in [3.8, 4) is 11.5 Å². The molecule has 3 rings (SSSR count). The highest BCUT2D eigenvalue weighted by Gasteiger charge is 2.41. The Bertz CT molecular complexity index is 1220. The molecule has 0 atom stereocenters. The van der Waals surface area contributed by atoms with E-state index in [-0.39, 0.29) is 22.6 Å². The van der Waals surface area contributed by atoms with Crippen molar-refractivity contribution in [3.05, 3.63) is 57.1 Å². The average Bonchev–Trinajstić information content (AvgIpc) is 3.03. The van der Waals surface area contributed by atoms with Gasteiger partial charge < -0.3 is 19.5 Å². The van der Waals surface area contributed by atoms with E-state index in [0.29, 0.717) is 4.90 Å². The lowest BCUT2D eigenvalue weighted by Gasteiger charge is -2.17. The molecule has 1 heterocycles. The number of ether oxygens (including phenoxy) is 3. The molecule has 0 saturated carbocycles. The van der Waals surface area contributed by atoms with Crippen LogP contribution >= 0.6 is 0 Å². The third-order valence-corrected chi connectivity index (χ3v) is 4.67. The molecule has 0 spiro atoms. The van der Waals surface area contributed by atoms with E-state index in [1.807, 2.05) is 0 Å². The number of rotatable bonds is 8. The molecule has 14 heteroatoms. The summed E-state index contributed by atoms with van der Waals surface area (Å²) in [6.07, 6.45) is 0. The minimum atomic E-state index is -3.25. The largest absolute Gasteiger partial charge is 0.493 e. The molecule has 34 heavy (non-hydrogen) atoms. The summed E-state index contributed by atoms with van der Waals surface area (Å²) in [5, 5.41) is 13.4. The second-order valence-electron chi connectivity index (χ2n) is 6.62. The van der Waals surface area contributed by atoms with Crippen molar-refractivity contribution in [3.63, 3.8) is 0 Å². The molecule has 0 fully saturated rings. The maximum atomic E-state index is 12.7. The van der Waals surface area contributed by atoms with Crippen LogP contribution in [0.25, 0.3) is 0 Å². The van der Waals surface area contributed by atoms with Gasteiger partial charge in [-0.25, -0.2) is 4.79 Å². The van der Waals surface area contributed by atoms with E-state index in [4.69, 9.17) is 4.74 Å². The summed E-state index contributed by atoms with van der Waals surface area (Å²) in [6.45, 7) is -4.14. The van der Waals surface area contributed by atoms with Gasteiger partial charge in [-0.15, -0.1) is 0 Å². The summed E-state index contributed by atoms with van der Waals surface area (Å²) in [5.41, 5.74) is -1.95. The van der Waals surface area contributed by atoms with Crippen molar-refractivity contribution < 1.29 is 47.1 Å². The van der Waals surface area contributed by atoms with Crippen LogP contribution in [-0.4, -0.2) is 60.9 Å². The van der Waals surface area contributed by atoms with Crippen molar-refractivity contribution in [2.75, 3.05) is 26.1 Å². The number of benzene rings is 2. The van der Waals surface area contributed by atoms with Gasteiger partial charge in [-0.1, -0.05) is 6.07 Å². The molecule has 0 aromatic heterocycles. The van der Waals surface area contributed by atoms with Gasteiger partial charge in [0, 0.05) is 18.2 Å². The number of nitrogens with one attached hydrogen (secondary N) is 1. The molecule has 178 valence electrons. The van der Waals surface area contributed by atoms with Gasteiger partial charge >= 0.3 is 12.6 Å². The number of alkyl halides is 2. The Labute approximate surface area is 189 Å². The molecule has 1 aliphatic rings. The number of nitrogens with zero attached hydrogens (tertiary/aromatic N) is 2. The highest BCUT2D eigenvalue weighted by Crippen LogP contribution is 2.35. The standard InChI is InChI=1S/C20H15F2N3O9/c1-32-13-6-10(19(29)33-2)11(7-14(13)34-20(21)22)23-15(26)8-24-17(27)9-4-3-5-12(25(30)31)16(9)18(24)28/h3-7,20H,8H2,1-2H3,(H,23,26). The quantitative estimate of drug-likeness (QED) is 0.260. The number of nitro groups is 1. The average molecular weight is 479 g/mol. The van der Waals surface area contributed by atoms with Crippen molar-refractivity contribution >= 4 is 35.1 Å². The van der Waals surface area contributed by atoms with Gasteiger partial charge in [0.1, 0.15) is 12.1 Å². The topological polar surface area (TPSA) is 154 Å². The van der Waals surface area contributed by atoms with Crippen LogP contribution < -0.4 is 14.8 Å². The Balaban J connectivity index is 1.90. The van der Waals surface area contributed by atoms with Gasteiger partial charge in [0.25, 0.3) is 17.5 Å². The van der Waals surface area contributed by atoms with Gasteiger partial charge in [0.2, 0.25) is 5.91 Å². The van der Waals surface area contributed by atoms with Gasteiger partial charge in [-0.2, -0.15) is 8.78 Å². The molecule has 12 nitrogen and oxygen atoms in total. The van der Waals surface area contributed by atoms with E-state index in [2.05, 4.69) is 14.8 Å². The monoisotopic (exact) mass is 479 g/mol. The fraction of sp³-hybridized carbons (Fsp3) is 0.200. The predicted octanol–water partition coefficient (Wildman–Crippen LogP) is 2.23. The van der Waals surface area contributed by atoms with Crippen LogP contribution in [0.15, 0.2) is 30.3 Å². The maximum absolute atomic E-state index is 12.7. The van der Waals surface area contributed by atoms with Crippen molar-refractivity contribution in [2.24, 2.45) is 0 Å². The lowest BCUT2D eigenvalue weighted by atomic mass is 10.1. The van der Waals surface area contributed by atoms with Crippen LogP contribution in [0.3, 0.4) is 0 Å². The first-order valence-electron chi connectivity index (χ1n) is 9.27. The smallest absolute Gasteiger partial charge is 0.387 e. The number of carbonyl (C=O) groups excluding carboxylic acids is 4. The molecular weight excluding hydrogens is 464 g/mol. The minimum Gasteiger partial charge on any atom is -0.493 e. The molecule has 0 saturated heterocycles. The fourth-order valence-corrected chi connectivity index (χ4v) is 3.23. The number of anilines is 1. The summed E-state index contributed by atoms with van der Waals surface area (Å²) in [4.78, 5) is 60.8. The van der Waals surface area contributed by atoms with Crippen LogP contribution in [0.1, 0.15) is 31.1 Å². The van der Waals surface area contributed by atoms with E-state index < -0.39 is 58.8 Å². The normalized spacial score (nSPS) is 12.4. The third-order valence-electron chi connectivity index (χ3n) is 4.67. The highest BCUT2D eigenvalue weighted by atomic mass is 19.3. The van der Waals surface area contributed by atoms with E-state index in [0.717, 1.165) is 32.4 Å². The Morgan fingerprint density at radius 1 is 1.15 bits per heavy atom. The molecule has 2 aromatic carbocycles. The summed E-state index contributed by atoms with van der Waals surface area (Å²) in [5.74, 6) is -4.76. The van der Waals surface area contributed by atoms with E-state index >= 15 is 0 Å². The van der Waals surface area contributed by atoms with E-state index in [1.54, 1.807) is 0 Å². The first kappa shape index (κ1) is 24.0. The highest BCUT2D eigenvalue weighted by molar-refractivity contribution is 6.24. The number of fused-ring (bicyclic) bond motifs is 1. The van der Waals surface area contributed by atoms with Gasteiger partial charge in [-0.05, 0) is 6.07 Å². The third kappa shape index (κ3) is 4.46. The molecule has 3 amide bonds. The van der Waals surface area contributed by atoms with Crippen molar-refractivity contribution in [2.45, 2.75) is 6.61 Å². The number of hydrogen-bond acceptors (Lipinski definition) is 9. The number of amides is 3. The van der Waals surface area contributed by atoms with Gasteiger partial charge in [0.15, 0.2) is 11.5 Å². The van der Waals surface area contributed by atoms with Gasteiger partial charge in [0.05, 0.1) is 36.0 Å². The molecule has 0 radical (unpaired) electrons. The lowest BCUT2D eigenvalue weighted by Crippen LogP contribution is -2.37. The van der Waals surface area contributed by atoms with Crippen LogP contribution in [0.2, 0.25) is 0 Å². The predicted molar refractivity (Wildman–Crippen MR) is 108 cm³/mol. The summed E-state index contributed by atoms with van der Waals surface area (Å²) in [7, 11) is 2.17. The SMILES string of the molecule is COC(=O)c1cc(OC)c(OC(F)F)cc1NC(=O)CN1C(=O)c2cccc([N+](=O)[O-])c2C1=O. The fourth-order valence-electron chi connectivity index (χ4n) is 3.23. The molecular formula is C20H15F2N3O9. The second-order valence-corrected chi connectivity index (χ2v) is 6.62. The summed E-state index contributed by atoms with van der Waals surface area (Å²) < 4.78 is 39.3. The first-order valence-corrected chi connectivity index (χ1v) is 9.27. The molecule has 1 N–H and O–H groups in total. The molecule has 1 aliphatic heterocycles. The lowest BCUT2D eigenvalue weighted by molar-refractivity contribution is -0.385. The zero-order valence-electron chi connectivity index (χ0n) is 17.5. The Morgan fingerprint density at radius 3 is 2.44 bits per heavy atom. The minimum absolute atomic E-state index is 0.251. The Morgan fingerprint density at radius 2 is 1.85 bits per heavy atom. The molecule has 0 aliphatic carbocycles. The number of imide groups is 1. The number of nitro benzene ring substituents is 1. The first-order chi connectivity index (χ1) is 16.1. The zero-order valence-corrected chi connectivity index (χ0v) is 17.5. The number of methoxy groups -OCH3 is 2. The summed E-state index contributed by atoms with van der Waals surface area (Å²) in [6, 6.07) is 5.33. The van der Waals surface area contributed by atoms with Crippen molar-refractivity contribution in [1.29, 1.82) is 0 Å². The maximum Gasteiger partial charge on any atom is 0.387 e. The molecule has 0 bridgehead atoms. The van der Waals surface area contributed by atoms with Crippen LogP contribution in [0, 0.1) is 10.1 Å². The molecule has 0 unspecified atom stereocenters. The van der Waals surface area contributed by atoms with Crippen LogP contribution in [-0.2, 0) is 9.53 Å². The second kappa shape index (κ2) is 9.48. The Kier molecular flexibility index (Phi) is 6.70. The van der Waals surface area contributed by atoms with Crippen molar-refractivity contribution in [1.82, 2.24) is 4.90 Å². The van der Waals surface area contributed by atoms with E-state index in [9.17, 15) is 38.1 Å². The molecule has 2 aromatic rings. The number of esters is 1. The van der Waals surface area contributed by atoms with Crippen LogP contribution in [0.5, 0.6) is 11.5 Å². The Hall–Kier alpha value is -4.62. The zero-order chi connectivity index (χ0) is 25.2. The number of carbonyl (C=O) groups is 4. The van der Waals surface area contributed by atoms with E-state index in [1.165, 1.54) is 12.1 Å². The number of hydrogen-bond donors (Lipinski definition) is 1. The van der Waals surface area contributed by atoms with Gasteiger partial charge in [-0.3, -0.25) is 29.4 Å². The number of halogens is 2. The van der Waals surface area contributed by atoms with Crippen LogP contribution in [0.4, 0.5) is 20.2 Å².